The number of hydrogen-bond donors (Lipinski definition) is 3. The van der Waals surface area contributed by atoms with Gasteiger partial charge in [-0.15, -0.1) is 0 Å². The Bertz CT molecular complexity index is 663. The monoisotopic (exact) mass is 357 g/mol. The minimum absolute atomic E-state index is 0.00126. The predicted octanol–water partition coefficient (Wildman–Crippen LogP) is 1.90. The van der Waals surface area contributed by atoms with Crippen molar-refractivity contribution in [3.8, 4) is 0 Å². The van der Waals surface area contributed by atoms with Crippen LogP contribution in [0, 0.1) is 11.8 Å². The summed E-state index contributed by atoms with van der Waals surface area (Å²) >= 11 is 0. The van der Waals surface area contributed by atoms with E-state index in [0.29, 0.717) is 13.0 Å². The first-order valence-corrected chi connectivity index (χ1v) is 8.09. The lowest BCUT2D eigenvalue weighted by molar-refractivity contribution is -0.138. The Morgan fingerprint density at radius 3 is 2.44 bits per heavy atom. The number of rotatable bonds is 5. The first-order chi connectivity index (χ1) is 11.6. The van der Waals surface area contributed by atoms with Gasteiger partial charge in [0.05, 0.1) is 5.56 Å². The molecule has 0 aromatic heterocycles. The third-order valence-electron chi connectivity index (χ3n) is 4.93. The van der Waals surface area contributed by atoms with Crippen molar-refractivity contribution in [1.82, 2.24) is 5.32 Å². The van der Waals surface area contributed by atoms with Crippen molar-refractivity contribution in [2.24, 2.45) is 23.3 Å². The standard InChI is InChI=1S/C17H22F3N3O2/c1-16(15(22)25,11-5-3-6-12(8-11)17(18,19)20)23-14(24)13-7-2-4-10(13)9-21/h3,5-6,8,10,13H,2,4,7,9,21H2,1H3,(H2,22,25)(H,23,24)/t10-,13-,16?/m1/s1. The van der Waals surface area contributed by atoms with E-state index in [4.69, 9.17) is 11.5 Å². The van der Waals surface area contributed by atoms with Gasteiger partial charge in [0.15, 0.2) is 0 Å². The van der Waals surface area contributed by atoms with Crippen molar-refractivity contribution in [2.75, 3.05) is 6.54 Å². The fourth-order valence-electron chi connectivity index (χ4n) is 3.29. The maximum absolute atomic E-state index is 12.9. The third-order valence-corrected chi connectivity index (χ3v) is 4.93. The van der Waals surface area contributed by atoms with Crippen LogP contribution in [0.1, 0.15) is 37.3 Å². The Balaban J connectivity index is 2.33. The molecule has 5 N–H and O–H groups in total. The highest BCUT2D eigenvalue weighted by Crippen LogP contribution is 2.34. The number of amides is 2. The van der Waals surface area contributed by atoms with Gasteiger partial charge in [0.2, 0.25) is 11.8 Å². The number of carbonyl (C=O) groups excluding carboxylic acids is 2. The highest BCUT2D eigenvalue weighted by molar-refractivity contribution is 5.92. The molecule has 1 fully saturated rings. The topological polar surface area (TPSA) is 98.2 Å². The fraction of sp³-hybridized carbons (Fsp3) is 0.529. The summed E-state index contributed by atoms with van der Waals surface area (Å²) in [5, 5.41) is 2.56. The molecule has 0 bridgehead atoms. The molecule has 0 saturated heterocycles. The van der Waals surface area contributed by atoms with Crippen LogP contribution in [-0.2, 0) is 21.3 Å². The molecular formula is C17H22F3N3O2. The van der Waals surface area contributed by atoms with E-state index in [2.05, 4.69) is 5.32 Å². The second kappa shape index (κ2) is 7.03. The van der Waals surface area contributed by atoms with Crippen molar-refractivity contribution in [1.29, 1.82) is 0 Å². The maximum Gasteiger partial charge on any atom is 0.416 e. The average Bonchev–Trinajstić information content (AvgIpc) is 3.02. The lowest BCUT2D eigenvalue weighted by Crippen LogP contribution is -2.54. The Labute approximate surface area is 143 Å². The molecule has 0 spiro atoms. The number of hydrogen-bond acceptors (Lipinski definition) is 3. The van der Waals surface area contributed by atoms with E-state index in [1.165, 1.54) is 19.1 Å². The molecule has 1 aromatic carbocycles. The average molecular weight is 357 g/mol. The lowest BCUT2D eigenvalue weighted by Gasteiger charge is -2.31. The number of halogens is 3. The van der Waals surface area contributed by atoms with Crippen LogP contribution in [0.25, 0.3) is 0 Å². The van der Waals surface area contributed by atoms with Crippen LogP contribution in [0.15, 0.2) is 24.3 Å². The summed E-state index contributed by atoms with van der Waals surface area (Å²) in [5.74, 6) is -1.71. The zero-order valence-corrected chi connectivity index (χ0v) is 13.9. The number of benzene rings is 1. The second-order valence-electron chi connectivity index (χ2n) is 6.59. The first kappa shape index (κ1) is 19.2. The summed E-state index contributed by atoms with van der Waals surface area (Å²) in [6.07, 6.45) is -2.28. The Morgan fingerprint density at radius 1 is 1.24 bits per heavy atom. The predicted molar refractivity (Wildman–Crippen MR) is 86.0 cm³/mol. The van der Waals surface area contributed by atoms with Crippen LogP contribution in [0.4, 0.5) is 13.2 Å². The summed E-state index contributed by atoms with van der Waals surface area (Å²) < 4.78 is 38.8. The van der Waals surface area contributed by atoms with Crippen molar-refractivity contribution in [3.63, 3.8) is 0 Å². The largest absolute Gasteiger partial charge is 0.416 e. The molecule has 8 heteroatoms. The van der Waals surface area contributed by atoms with E-state index in [9.17, 15) is 22.8 Å². The third kappa shape index (κ3) is 3.95. The van der Waals surface area contributed by atoms with E-state index in [-0.39, 0.29) is 17.4 Å². The number of nitrogens with one attached hydrogen (secondary N) is 1. The Morgan fingerprint density at radius 2 is 1.88 bits per heavy atom. The number of carbonyl (C=O) groups is 2. The number of alkyl halides is 3. The maximum atomic E-state index is 12.9. The van der Waals surface area contributed by atoms with Crippen molar-refractivity contribution in [2.45, 2.75) is 37.9 Å². The van der Waals surface area contributed by atoms with Gasteiger partial charge in [-0.1, -0.05) is 18.6 Å². The quantitative estimate of drug-likeness (QED) is 0.751. The summed E-state index contributed by atoms with van der Waals surface area (Å²) in [6, 6.07) is 4.26. The van der Waals surface area contributed by atoms with Gasteiger partial charge in [0, 0.05) is 5.92 Å². The molecule has 2 rings (SSSR count). The molecule has 0 heterocycles. The van der Waals surface area contributed by atoms with Gasteiger partial charge < -0.3 is 16.8 Å². The van der Waals surface area contributed by atoms with E-state index >= 15 is 0 Å². The number of primary amides is 1. The summed E-state index contributed by atoms with van der Waals surface area (Å²) in [5.41, 5.74) is 8.43. The Kier molecular flexibility index (Phi) is 5.41. The molecule has 1 aromatic rings. The SMILES string of the molecule is CC(NC(=O)[C@@H]1CCC[C@@H]1CN)(C(N)=O)c1cccc(C(F)(F)F)c1. The lowest BCUT2D eigenvalue weighted by atomic mass is 9.87. The van der Waals surface area contributed by atoms with Gasteiger partial charge in [-0.05, 0) is 49.9 Å². The molecule has 1 aliphatic rings. The minimum Gasteiger partial charge on any atom is -0.367 e. The van der Waals surface area contributed by atoms with E-state index in [1.54, 1.807) is 0 Å². The van der Waals surface area contributed by atoms with Crippen molar-refractivity contribution in [3.05, 3.63) is 35.4 Å². The van der Waals surface area contributed by atoms with Crippen LogP contribution in [0.2, 0.25) is 0 Å². The molecule has 1 saturated carbocycles. The number of nitrogens with two attached hydrogens (primary N) is 2. The normalized spacial score (nSPS) is 23.1. The van der Waals surface area contributed by atoms with Crippen LogP contribution in [0.3, 0.4) is 0 Å². The molecule has 25 heavy (non-hydrogen) atoms. The molecule has 138 valence electrons. The van der Waals surface area contributed by atoms with Gasteiger partial charge in [-0.3, -0.25) is 9.59 Å². The first-order valence-electron chi connectivity index (χ1n) is 8.09. The second-order valence-corrected chi connectivity index (χ2v) is 6.59. The molecular weight excluding hydrogens is 335 g/mol. The molecule has 1 aliphatic carbocycles. The summed E-state index contributed by atoms with van der Waals surface area (Å²) in [6.45, 7) is 1.66. The highest BCUT2D eigenvalue weighted by atomic mass is 19.4. The molecule has 5 nitrogen and oxygen atoms in total. The van der Waals surface area contributed by atoms with E-state index in [0.717, 1.165) is 25.0 Å². The van der Waals surface area contributed by atoms with Gasteiger partial charge in [-0.2, -0.15) is 13.2 Å². The van der Waals surface area contributed by atoms with Gasteiger partial charge in [0.25, 0.3) is 0 Å². The molecule has 0 aliphatic heterocycles. The van der Waals surface area contributed by atoms with Gasteiger partial charge >= 0.3 is 6.18 Å². The van der Waals surface area contributed by atoms with Crippen LogP contribution in [0.5, 0.6) is 0 Å². The van der Waals surface area contributed by atoms with Crippen LogP contribution >= 0.6 is 0 Å². The molecule has 0 radical (unpaired) electrons. The van der Waals surface area contributed by atoms with Crippen LogP contribution < -0.4 is 16.8 Å². The molecule has 2 amide bonds. The van der Waals surface area contributed by atoms with Crippen molar-refractivity contribution < 1.29 is 22.8 Å². The van der Waals surface area contributed by atoms with Crippen LogP contribution in [-0.4, -0.2) is 18.4 Å². The summed E-state index contributed by atoms with van der Waals surface area (Å²) in [7, 11) is 0. The smallest absolute Gasteiger partial charge is 0.367 e. The Hall–Kier alpha value is -2.09. The molecule has 1 unspecified atom stereocenters. The highest BCUT2D eigenvalue weighted by Gasteiger charge is 2.41. The van der Waals surface area contributed by atoms with E-state index < -0.39 is 29.1 Å². The van der Waals surface area contributed by atoms with Crippen molar-refractivity contribution >= 4 is 11.8 Å². The molecule has 3 atom stereocenters. The van der Waals surface area contributed by atoms with Gasteiger partial charge in [-0.25, -0.2) is 0 Å². The fourth-order valence-corrected chi connectivity index (χ4v) is 3.29. The zero-order chi connectivity index (χ0) is 18.8. The minimum atomic E-state index is -4.56. The van der Waals surface area contributed by atoms with E-state index in [1.807, 2.05) is 0 Å². The van der Waals surface area contributed by atoms with Gasteiger partial charge in [0.1, 0.15) is 5.54 Å². The summed E-state index contributed by atoms with van der Waals surface area (Å²) in [4.78, 5) is 24.6. The zero-order valence-electron chi connectivity index (χ0n) is 13.9.